The normalized spacial score (nSPS) is 14.4. The lowest BCUT2D eigenvalue weighted by molar-refractivity contribution is -0.115. The number of aromatic nitrogens is 3. The summed E-state index contributed by atoms with van der Waals surface area (Å²) in [5, 5.41) is 8.27. The summed E-state index contributed by atoms with van der Waals surface area (Å²) in [7, 11) is 1.55. The minimum atomic E-state index is -0.391. The molecule has 1 heterocycles. The van der Waals surface area contributed by atoms with Crippen LogP contribution in [0.1, 0.15) is 31.5 Å². The molecule has 3 aromatic rings. The number of methoxy groups -OCH3 is 1. The molecule has 1 aliphatic carbocycles. The minimum absolute atomic E-state index is 0.167. The van der Waals surface area contributed by atoms with Gasteiger partial charge in [-0.15, -0.1) is 5.10 Å². The number of rotatable bonds is 7. The highest BCUT2D eigenvalue weighted by atomic mass is 35.5. The van der Waals surface area contributed by atoms with E-state index in [1.54, 1.807) is 25.3 Å². The highest BCUT2D eigenvalue weighted by Gasteiger charge is 2.31. The molecule has 0 bridgehead atoms. The second-order valence-electron chi connectivity index (χ2n) is 6.87. The lowest BCUT2D eigenvalue weighted by atomic mass is 10.3. The molecule has 1 aliphatic rings. The predicted octanol–water partition coefficient (Wildman–Crippen LogP) is 4.93. The number of nitrogens with one attached hydrogen (secondary N) is 1. The topological polar surface area (TPSA) is 69.0 Å². The molecule has 1 saturated carbocycles. The summed E-state index contributed by atoms with van der Waals surface area (Å²) in [5.74, 6) is 1.79. The number of carbonyl (C=O) groups is 1. The molecule has 1 atom stereocenters. The van der Waals surface area contributed by atoms with Gasteiger partial charge in [0.1, 0.15) is 11.6 Å². The van der Waals surface area contributed by atoms with E-state index in [2.05, 4.69) is 10.4 Å². The van der Waals surface area contributed by atoms with Gasteiger partial charge in [-0.05, 0) is 50.1 Å². The monoisotopic (exact) mass is 428 g/mol. The van der Waals surface area contributed by atoms with E-state index in [1.165, 1.54) is 11.8 Å². The maximum absolute atomic E-state index is 12.7. The zero-order valence-electron chi connectivity index (χ0n) is 16.1. The third-order valence-electron chi connectivity index (χ3n) is 4.63. The maximum Gasteiger partial charge on any atom is 0.237 e. The molecule has 1 N–H and O–H groups in total. The third-order valence-corrected chi connectivity index (χ3v) is 5.81. The van der Waals surface area contributed by atoms with Gasteiger partial charge in [0.15, 0.2) is 0 Å². The van der Waals surface area contributed by atoms with Crippen molar-refractivity contribution in [1.29, 1.82) is 0 Å². The first-order chi connectivity index (χ1) is 14.0. The van der Waals surface area contributed by atoms with Crippen LogP contribution in [0.3, 0.4) is 0 Å². The molecule has 29 heavy (non-hydrogen) atoms. The molecule has 150 valence electrons. The van der Waals surface area contributed by atoms with Crippen LogP contribution >= 0.6 is 23.4 Å². The zero-order chi connectivity index (χ0) is 20.4. The first-order valence-corrected chi connectivity index (χ1v) is 10.6. The van der Waals surface area contributed by atoms with Gasteiger partial charge in [0.05, 0.1) is 23.7 Å². The SMILES string of the molecule is COc1ccc(Cl)cc1NC(=O)[C@@H](C)Sc1nc(C2CC2)n(-c2ccccc2)n1. The molecule has 0 aliphatic heterocycles. The standard InChI is InChI=1S/C21H21ClN4O2S/c1-13(20(27)23-17-12-15(22)10-11-18(17)28-2)29-21-24-19(14-8-9-14)26(25-21)16-6-4-3-5-7-16/h3-7,10-14H,8-9H2,1-2H3,(H,23,27)/t13-/m1/s1. The molecule has 0 saturated heterocycles. The highest BCUT2D eigenvalue weighted by molar-refractivity contribution is 8.00. The molecule has 0 radical (unpaired) electrons. The summed E-state index contributed by atoms with van der Waals surface area (Å²) in [6, 6.07) is 15.1. The number of carbonyl (C=O) groups excluding carboxylic acids is 1. The number of para-hydroxylation sites is 1. The van der Waals surface area contributed by atoms with Crippen molar-refractivity contribution in [3.05, 3.63) is 59.4 Å². The predicted molar refractivity (Wildman–Crippen MR) is 115 cm³/mol. The number of hydrogen-bond donors (Lipinski definition) is 1. The van der Waals surface area contributed by atoms with E-state index in [0.717, 1.165) is 24.4 Å². The second kappa shape index (κ2) is 8.47. The van der Waals surface area contributed by atoms with Gasteiger partial charge in [-0.3, -0.25) is 4.79 Å². The molecular formula is C21H21ClN4O2S. The fourth-order valence-electron chi connectivity index (χ4n) is 2.94. The fourth-order valence-corrected chi connectivity index (χ4v) is 3.87. The van der Waals surface area contributed by atoms with E-state index in [-0.39, 0.29) is 5.91 Å². The van der Waals surface area contributed by atoms with Crippen molar-refractivity contribution in [3.8, 4) is 11.4 Å². The summed E-state index contributed by atoms with van der Waals surface area (Å²) < 4.78 is 7.19. The highest BCUT2D eigenvalue weighted by Crippen LogP contribution is 2.40. The van der Waals surface area contributed by atoms with E-state index >= 15 is 0 Å². The van der Waals surface area contributed by atoms with E-state index in [1.807, 2.05) is 41.9 Å². The number of anilines is 1. The Morgan fingerprint density at radius 3 is 2.72 bits per heavy atom. The number of halogens is 1. The Hall–Kier alpha value is -2.51. The van der Waals surface area contributed by atoms with Gasteiger partial charge in [0, 0.05) is 10.9 Å². The average molecular weight is 429 g/mol. The van der Waals surface area contributed by atoms with E-state index in [4.69, 9.17) is 21.3 Å². The van der Waals surface area contributed by atoms with Crippen LogP contribution in [0.15, 0.2) is 53.7 Å². The Morgan fingerprint density at radius 1 is 1.28 bits per heavy atom. The van der Waals surface area contributed by atoms with Crippen LogP contribution in [0.2, 0.25) is 5.02 Å². The van der Waals surface area contributed by atoms with Gasteiger partial charge in [0.25, 0.3) is 0 Å². The van der Waals surface area contributed by atoms with Crippen molar-refractivity contribution in [3.63, 3.8) is 0 Å². The molecule has 6 nitrogen and oxygen atoms in total. The Balaban J connectivity index is 1.50. The lowest BCUT2D eigenvalue weighted by Crippen LogP contribution is -2.22. The number of hydrogen-bond acceptors (Lipinski definition) is 5. The van der Waals surface area contributed by atoms with Crippen LogP contribution in [0.5, 0.6) is 5.75 Å². The van der Waals surface area contributed by atoms with Crippen LogP contribution in [0.4, 0.5) is 5.69 Å². The van der Waals surface area contributed by atoms with Gasteiger partial charge in [-0.1, -0.05) is 41.6 Å². The second-order valence-corrected chi connectivity index (χ2v) is 8.61. The summed E-state index contributed by atoms with van der Waals surface area (Å²) in [6.07, 6.45) is 2.25. The summed E-state index contributed by atoms with van der Waals surface area (Å²) >= 11 is 7.38. The molecule has 1 fully saturated rings. The molecule has 1 aromatic heterocycles. The molecule has 1 amide bonds. The number of ether oxygens (including phenoxy) is 1. The van der Waals surface area contributed by atoms with Crippen LogP contribution in [0, 0.1) is 0 Å². The van der Waals surface area contributed by atoms with Gasteiger partial charge in [-0.25, -0.2) is 9.67 Å². The largest absolute Gasteiger partial charge is 0.495 e. The van der Waals surface area contributed by atoms with Gasteiger partial charge in [0.2, 0.25) is 11.1 Å². The number of amides is 1. The average Bonchev–Trinajstić information content (AvgIpc) is 3.49. The Labute approximate surface area is 178 Å². The van der Waals surface area contributed by atoms with Crippen molar-refractivity contribution >= 4 is 35.0 Å². The van der Waals surface area contributed by atoms with Crippen molar-refractivity contribution in [2.75, 3.05) is 12.4 Å². The summed E-state index contributed by atoms with van der Waals surface area (Å²) in [5.41, 5.74) is 1.52. The lowest BCUT2D eigenvalue weighted by Gasteiger charge is -2.13. The van der Waals surface area contributed by atoms with Crippen molar-refractivity contribution in [1.82, 2.24) is 14.8 Å². The van der Waals surface area contributed by atoms with Crippen LogP contribution < -0.4 is 10.1 Å². The summed E-state index contributed by atoms with van der Waals surface area (Å²) in [4.78, 5) is 17.4. The molecule has 0 spiro atoms. The smallest absolute Gasteiger partial charge is 0.237 e. The Morgan fingerprint density at radius 2 is 2.03 bits per heavy atom. The van der Waals surface area contributed by atoms with Crippen LogP contribution in [-0.4, -0.2) is 33.0 Å². The third kappa shape index (κ3) is 4.57. The van der Waals surface area contributed by atoms with Crippen molar-refractivity contribution in [2.45, 2.75) is 36.1 Å². The number of nitrogens with zero attached hydrogens (tertiary/aromatic N) is 3. The number of benzene rings is 2. The quantitative estimate of drug-likeness (QED) is 0.540. The minimum Gasteiger partial charge on any atom is -0.495 e. The first-order valence-electron chi connectivity index (χ1n) is 9.38. The number of thioether (sulfide) groups is 1. The van der Waals surface area contributed by atoms with Crippen LogP contribution in [-0.2, 0) is 4.79 Å². The van der Waals surface area contributed by atoms with Crippen molar-refractivity contribution < 1.29 is 9.53 Å². The van der Waals surface area contributed by atoms with Gasteiger partial charge < -0.3 is 10.1 Å². The fraction of sp³-hybridized carbons (Fsp3) is 0.286. The molecular weight excluding hydrogens is 408 g/mol. The Kier molecular flexibility index (Phi) is 5.78. The van der Waals surface area contributed by atoms with E-state index < -0.39 is 5.25 Å². The van der Waals surface area contributed by atoms with Gasteiger partial charge in [-0.2, -0.15) is 0 Å². The maximum atomic E-state index is 12.7. The molecule has 4 rings (SSSR count). The van der Waals surface area contributed by atoms with Crippen molar-refractivity contribution in [2.24, 2.45) is 0 Å². The Bertz CT molecular complexity index is 1020. The first kappa shape index (κ1) is 19.8. The van der Waals surface area contributed by atoms with Gasteiger partial charge >= 0.3 is 0 Å². The molecule has 0 unspecified atom stereocenters. The molecule has 8 heteroatoms. The zero-order valence-corrected chi connectivity index (χ0v) is 17.7. The summed E-state index contributed by atoms with van der Waals surface area (Å²) in [6.45, 7) is 1.83. The van der Waals surface area contributed by atoms with E-state index in [0.29, 0.717) is 27.5 Å². The van der Waals surface area contributed by atoms with E-state index in [9.17, 15) is 4.79 Å². The molecule has 2 aromatic carbocycles. The van der Waals surface area contributed by atoms with Crippen LogP contribution in [0.25, 0.3) is 5.69 Å².